The van der Waals surface area contributed by atoms with Crippen LogP contribution >= 0.6 is 0 Å². The number of aliphatic hydroxyl groups excluding tert-OH is 1. The molecule has 0 saturated heterocycles. The first kappa shape index (κ1) is 9.83. The molecule has 0 unspecified atom stereocenters. The Kier molecular flexibility index (Phi) is 4.08. The summed E-state index contributed by atoms with van der Waals surface area (Å²) in [6.07, 6.45) is 0. The second-order valence-electron chi connectivity index (χ2n) is 2.50. The monoisotopic (exact) mass is 182 g/mol. The van der Waals surface area contributed by atoms with E-state index in [1.807, 2.05) is 31.3 Å². The zero-order valence-electron chi connectivity index (χ0n) is 7.58. The van der Waals surface area contributed by atoms with E-state index in [-0.39, 0.29) is 13.2 Å². The quantitative estimate of drug-likeness (QED) is 0.471. The predicted molar refractivity (Wildman–Crippen MR) is 52.6 cm³/mol. The SMILES string of the molecule is CNc1ccc(NOCCO)cc1. The molecule has 0 fully saturated rings. The standard InChI is InChI=1S/C9H14N2O2/c1-10-8-2-4-9(5-3-8)11-13-7-6-12/h2-5,10-12H,6-7H2,1H3. The van der Waals surface area contributed by atoms with Crippen molar-refractivity contribution in [2.45, 2.75) is 0 Å². The second-order valence-corrected chi connectivity index (χ2v) is 2.50. The molecule has 4 heteroatoms. The van der Waals surface area contributed by atoms with Gasteiger partial charge in [-0.05, 0) is 24.3 Å². The van der Waals surface area contributed by atoms with E-state index in [1.54, 1.807) is 0 Å². The molecule has 1 aromatic carbocycles. The van der Waals surface area contributed by atoms with Gasteiger partial charge in [0.2, 0.25) is 0 Å². The molecule has 3 N–H and O–H groups in total. The Morgan fingerprint density at radius 2 is 1.85 bits per heavy atom. The van der Waals surface area contributed by atoms with Gasteiger partial charge in [-0.15, -0.1) is 0 Å². The van der Waals surface area contributed by atoms with E-state index in [4.69, 9.17) is 9.94 Å². The fourth-order valence-electron chi connectivity index (χ4n) is 0.885. The molecule has 1 aromatic rings. The van der Waals surface area contributed by atoms with Crippen molar-refractivity contribution in [2.24, 2.45) is 0 Å². The Labute approximate surface area is 77.5 Å². The van der Waals surface area contributed by atoms with Gasteiger partial charge in [-0.1, -0.05) is 0 Å². The fraction of sp³-hybridized carbons (Fsp3) is 0.333. The number of hydrogen-bond donors (Lipinski definition) is 3. The van der Waals surface area contributed by atoms with Gasteiger partial charge in [0.1, 0.15) is 0 Å². The van der Waals surface area contributed by atoms with Crippen LogP contribution in [0, 0.1) is 0 Å². The van der Waals surface area contributed by atoms with Crippen LogP contribution in [-0.2, 0) is 4.84 Å². The average molecular weight is 182 g/mol. The molecule has 0 aliphatic heterocycles. The first-order valence-electron chi connectivity index (χ1n) is 4.13. The highest BCUT2D eigenvalue weighted by Gasteiger charge is 1.91. The maximum Gasteiger partial charge on any atom is 0.0976 e. The minimum absolute atomic E-state index is 0.0155. The van der Waals surface area contributed by atoms with Gasteiger partial charge in [0.25, 0.3) is 0 Å². The van der Waals surface area contributed by atoms with Crippen molar-refractivity contribution < 1.29 is 9.94 Å². The Hall–Kier alpha value is -1.26. The van der Waals surface area contributed by atoms with Crippen molar-refractivity contribution in [2.75, 3.05) is 31.1 Å². The molecule has 72 valence electrons. The summed E-state index contributed by atoms with van der Waals surface area (Å²) in [5.74, 6) is 0. The lowest BCUT2D eigenvalue weighted by molar-refractivity contribution is 0.133. The van der Waals surface area contributed by atoms with E-state index in [1.165, 1.54) is 0 Å². The van der Waals surface area contributed by atoms with Crippen molar-refractivity contribution in [1.82, 2.24) is 0 Å². The summed E-state index contributed by atoms with van der Waals surface area (Å²) in [4.78, 5) is 4.92. The molecular weight excluding hydrogens is 168 g/mol. The number of benzene rings is 1. The molecule has 0 radical (unpaired) electrons. The second kappa shape index (κ2) is 5.40. The van der Waals surface area contributed by atoms with Crippen molar-refractivity contribution in [3.05, 3.63) is 24.3 Å². The van der Waals surface area contributed by atoms with Gasteiger partial charge in [-0.25, -0.2) is 0 Å². The van der Waals surface area contributed by atoms with Crippen molar-refractivity contribution in [1.29, 1.82) is 0 Å². The lowest BCUT2D eigenvalue weighted by atomic mass is 10.3. The van der Waals surface area contributed by atoms with E-state index in [9.17, 15) is 0 Å². The van der Waals surface area contributed by atoms with Gasteiger partial charge in [0, 0.05) is 12.7 Å². The molecule has 0 amide bonds. The summed E-state index contributed by atoms with van der Waals surface area (Å²) in [6.45, 7) is 0.301. The molecule has 0 aliphatic carbocycles. The van der Waals surface area contributed by atoms with Gasteiger partial charge in [-0.2, -0.15) is 0 Å². The first-order chi connectivity index (χ1) is 6.36. The summed E-state index contributed by atoms with van der Waals surface area (Å²) >= 11 is 0. The Morgan fingerprint density at radius 1 is 1.23 bits per heavy atom. The number of anilines is 2. The Bertz CT molecular complexity index is 236. The molecule has 0 spiro atoms. The van der Waals surface area contributed by atoms with Gasteiger partial charge in [0.15, 0.2) is 0 Å². The van der Waals surface area contributed by atoms with Crippen LogP contribution in [0.25, 0.3) is 0 Å². The minimum atomic E-state index is 0.0155. The summed E-state index contributed by atoms with van der Waals surface area (Å²) in [5, 5.41) is 11.5. The van der Waals surface area contributed by atoms with Crippen LogP contribution in [0.5, 0.6) is 0 Å². The molecule has 0 heterocycles. The van der Waals surface area contributed by atoms with E-state index in [0.717, 1.165) is 11.4 Å². The third-order valence-electron chi connectivity index (χ3n) is 1.56. The number of aliphatic hydroxyl groups is 1. The highest BCUT2D eigenvalue weighted by Crippen LogP contribution is 2.12. The molecule has 0 saturated carbocycles. The van der Waals surface area contributed by atoms with Crippen molar-refractivity contribution in [3.63, 3.8) is 0 Å². The Morgan fingerprint density at radius 3 is 2.38 bits per heavy atom. The van der Waals surface area contributed by atoms with Gasteiger partial charge in [-0.3, -0.25) is 10.3 Å². The highest BCUT2D eigenvalue weighted by molar-refractivity contribution is 5.52. The predicted octanol–water partition coefficient (Wildman–Crippen LogP) is 1.06. The molecule has 1 rings (SSSR count). The molecular formula is C9H14N2O2. The van der Waals surface area contributed by atoms with Gasteiger partial charge in [0.05, 0.1) is 18.9 Å². The molecule has 0 aromatic heterocycles. The topological polar surface area (TPSA) is 53.5 Å². The smallest absolute Gasteiger partial charge is 0.0976 e. The van der Waals surface area contributed by atoms with E-state index in [0.29, 0.717) is 0 Å². The Balaban J connectivity index is 2.40. The molecule has 4 nitrogen and oxygen atoms in total. The fourth-order valence-corrected chi connectivity index (χ4v) is 0.885. The first-order valence-corrected chi connectivity index (χ1v) is 4.13. The summed E-state index contributed by atoms with van der Waals surface area (Å²) in [6, 6.07) is 7.65. The minimum Gasteiger partial charge on any atom is -0.394 e. The number of hydrogen-bond acceptors (Lipinski definition) is 4. The molecule has 0 atom stereocenters. The van der Waals surface area contributed by atoms with Crippen molar-refractivity contribution >= 4 is 11.4 Å². The summed E-state index contributed by atoms with van der Waals surface area (Å²) < 4.78 is 0. The van der Waals surface area contributed by atoms with Crippen LogP contribution in [0.3, 0.4) is 0 Å². The summed E-state index contributed by atoms with van der Waals surface area (Å²) in [5.41, 5.74) is 4.63. The van der Waals surface area contributed by atoms with Crippen molar-refractivity contribution in [3.8, 4) is 0 Å². The number of rotatable bonds is 5. The normalized spacial score (nSPS) is 9.69. The van der Waals surface area contributed by atoms with Gasteiger partial charge < -0.3 is 10.4 Å². The zero-order valence-corrected chi connectivity index (χ0v) is 7.58. The number of nitrogens with one attached hydrogen (secondary N) is 2. The van der Waals surface area contributed by atoms with E-state index < -0.39 is 0 Å². The van der Waals surface area contributed by atoms with Crippen LogP contribution in [0.2, 0.25) is 0 Å². The molecule has 0 aliphatic rings. The van der Waals surface area contributed by atoms with Crippen LogP contribution in [0.15, 0.2) is 24.3 Å². The van der Waals surface area contributed by atoms with E-state index >= 15 is 0 Å². The average Bonchev–Trinajstić information content (AvgIpc) is 2.19. The lowest BCUT2D eigenvalue weighted by Crippen LogP contribution is -2.05. The molecule has 13 heavy (non-hydrogen) atoms. The third-order valence-corrected chi connectivity index (χ3v) is 1.56. The maximum atomic E-state index is 8.45. The van der Waals surface area contributed by atoms with E-state index in [2.05, 4.69) is 10.8 Å². The van der Waals surface area contributed by atoms with Crippen LogP contribution in [-0.4, -0.2) is 25.4 Å². The summed E-state index contributed by atoms with van der Waals surface area (Å²) in [7, 11) is 1.87. The lowest BCUT2D eigenvalue weighted by Gasteiger charge is -2.06. The third kappa shape index (κ3) is 3.31. The van der Waals surface area contributed by atoms with Crippen LogP contribution in [0.4, 0.5) is 11.4 Å². The zero-order chi connectivity index (χ0) is 9.52. The largest absolute Gasteiger partial charge is 0.394 e. The highest BCUT2D eigenvalue weighted by atomic mass is 16.6. The van der Waals surface area contributed by atoms with Crippen LogP contribution in [0.1, 0.15) is 0 Å². The van der Waals surface area contributed by atoms with Gasteiger partial charge >= 0.3 is 0 Å². The maximum absolute atomic E-state index is 8.45. The van der Waals surface area contributed by atoms with Crippen LogP contribution < -0.4 is 10.8 Å². The molecule has 0 bridgehead atoms.